The van der Waals surface area contributed by atoms with Crippen LogP contribution in [0.1, 0.15) is 24.0 Å². The number of anilines is 1. The van der Waals surface area contributed by atoms with Crippen molar-refractivity contribution in [1.29, 1.82) is 0 Å². The van der Waals surface area contributed by atoms with Crippen LogP contribution in [0.25, 0.3) is 10.9 Å². The summed E-state index contributed by atoms with van der Waals surface area (Å²) in [4.78, 5) is 27.1. The van der Waals surface area contributed by atoms with Crippen LogP contribution in [0, 0.1) is 10.5 Å². The third-order valence-corrected chi connectivity index (χ3v) is 4.73. The zero-order valence-corrected chi connectivity index (χ0v) is 16.9. The van der Waals surface area contributed by atoms with Crippen molar-refractivity contribution >= 4 is 57.2 Å². The van der Waals surface area contributed by atoms with Crippen LogP contribution in [-0.2, 0) is 9.59 Å². The van der Waals surface area contributed by atoms with Crippen molar-refractivity contribution < 1.29 is 9.59 Å². The van der Waals surface area contributed by atoms with Crippen LogP contribution in [0.2, 0.25) is 0 Å². The first kappa shape index (κ1) is 19.1. The van der Waals surface area contributed by atoms with Gasteiger partial charge in [0.1, 0.15) is 0 Å². The van der Waals surface area contributed by atoms with Crippen molar-refractivity contribution in [2.45, 2.75) is 19.8 Å². The first-order valence-corrected chi connectivity index (χ1v) is 9.55. The second kappa shape index (κ2) is 8.81. The summed E-state index contributed by atoms with van der Waals surface area (Å²) in [6, 6.07) is 13.6. The molecule has 0 atom stereocenters. The second-order valence-electron chi connectivity index (χ2n) is 6.09. The molecule has 27 heavy (non-hydrogen) atoms. The molecule has 0 unspecified atom stereocenters. The lowest BCUT2D eigenvalue weighted by atomic mass is 10.2. The number of halogens is 1. The number of fused-ring (bicyclic) bond motifs is 1. The van der Waals surface area contributed by atoms with Crippen molar-refractivity contribution in [3.8, 4) is 0 Å². The fourth-order valence-corrected chi connectivity index (χ4v) is 3.28. The quantitative estimate of drug-likeness (QED) is 0.287. The van der Waals surface area contributed by atoms with Gasteiger partial charge in [0.05, 0.1) is 6.21 Å². The number of para-hydroxylation sites is 1. The van der Waals surface area contributed by atoms with Gasteiger partial charge >= 0.3 is 0 Å². The van der Waals surface area contributed by atoms with E-state index in [1.165, 1.54) is 0 Å². The standard InChI is InChI=1S/C20H19IN4O2/c1-13-10-15(21)6-7-17(13)24-19(26)8-9-20(27)25-23-12-14-11-22-18-5-3-2-4-16(14)18/h2-7,10-12,22H,8-9H2,1H3,(H,24,26)(H,25,27)/b23-12+. The summed E-state index contributed by atoms with van der Waals surface area (Å²) in [5.41, 5.74) is 6.10. The van der Waals surface area contributed by atoms with Gasteiger partial charge in [0.25, 0.3) is 0 Å². The molecular formula is C20H19IN4O2. The number of benzene rings is 2. The average Bonchev–Trinajstić information content (AvgIpc) is 3.06. The van der Waals surface area contributed by atoms with Crippen LogP contribution in [0.4, 0.5) is 5.69 Å². The molecular weight excluding hydrogens is 455 g/mol. The van der Waals surface area contributed by atoms with E-state index >= 15 is 0 Å². The lowest BCUT2D eigenvalue weighted by molar-refractivity contribution is -0.124. The Balaban J connectivity index is 1.47. The number of H-pyrrole nitrogens is 1. The van der Waals surface area contributed by atoms with Crippen molar-refractivity contribution in [3.63, 3.8) is 0 Å². The number of nitrogens with one attached hydrogen (secondary N) is 3. The minimum absolute atomic E-state index is 0.0699. The van der Waals surface area contributed by atoms with Crippen LogP contribution in [0.5, 0.6) is 0 Å². The smallest absolute Gasteiger partial charge is 0.240 e. The summed E-state index contributed by atoms with van der Waals surface area (Å²) in [7, 11) is 0. The molecule has 0 saturated carbocycles. The minimum atomic E-state index is -0.305. The summed E-state index contributed by atoms with van der Waals surface area (Å²) in [5, 5.41) is 7.83. The van der Waals surface area contributed by atoms with Gasteiger partial charge in [0.2, 0.25) is 11.8 Å². The molecule has 0 aliphatic heterocycles. The van der Waals surface area contributed by atoms with Crippen LogP contribution >= 0.6 is 22.6 Å². The summed E-state index contributed by atoms with van der Waals surface area (Å²) < 4.78 is 1.11. The lowest BCUT2D eigenvalue weighted by Gasteiger charge is -2.08. The predicted octanol–water partition coefficient (Wildman–Crippen LogP) is 3.95. The van der Waals surface area contributed by atoms with E-state index in [2.05, 4.69) is 43.4 Å². The van der Waals surface area contributed by atoms with Crippen LogP contribution < -0.4 is 10.7 Å². The fourth-order valence-electron chi connectivity index (χ4n) is 2.64. The Morgan fingerprint density at radius 2 is 1.93 bits per heavy atom. The van der Waals surface area contributed by atoms with Crippen molar-refractivity contribution in [1.82, 2.24) is 10.4 Å². The Kier molecular flexibility index (Phi) is 6.23. The number of rotatable bonds is 6. The topological polar surface area (TPSA) is 86.3 Å². The van der Waals surface area contributed by atoms with E-state index in [1.54, 1.807) is 6.21 Å². The van der Waals surface area contributed by atoms with Gasteiger partial charge in [0.15, 0.2) is 0 Å². The molecule has 0 fully saturated rings. The molecule has 3 rings (SSSR count). The molecule has 0 aliphatic carbocycles. The number of hydrogen-bond donors (Lipinski definition) is 3. The average molecular weight is 474 g/mol. The minimum Gasteiger partial charge on any atom is -0.361 e. The largest absolute Gasteiger partial charge is 0.361 e. The van der Waals surface area contributed by atoms with E-state index in [-0.39, 0.29) is 24.7 Å². The number of carbonyl (C=O) groups excluding carboxylic acids is 2. The van der Waals surface area contributed by atoms with Gasteiger partial charge in [0, 0.05) is 44.8 Å². The summed E-state index contributed by atoms with van der Waals surface area (Å²) in [5.74, 6) is -0.504. The van der Waals surface area contributed by atoms with E-state index in [1.807, 2.05) is 55.6 Å². The highest BCUT2D eigenvalue weighted by Gasteiger charge is 2.08. The molecule has 1 heterocycles. The summed E-state index contributed by atoms with van der Waals surface area (Å²) >= 11 is 2.22. The Labute approximate surface area is 170 Å². The maximum absolute atomic E-state index is 12.0. The molecule has 0 radical (unpaired) electrons. The Hall–Kier alpha value is -2.68. The van der Waals surface area contributed by atoms with Gasteiger partial charge in [-0.1, -0.05) is 18.2 Å². The monoisotopic (exact) mass is 474 g/mol. The molecule has 1 aromatic heterocycles. The first-order chi connectivity index (χ1) is 13.0. The molecule has 3 aromatic rings. The molecule has 0 bridgehead atoms. The number of carbonyl (C=O) groups is 2. The summed E-state index contributed by atoms with van der Waals surface area (Å²) in [6.07, 6.45) is 3.59. The molecule has 7 heteroatoms. The van der Waals surface area contributed by atoms with Gasteiger partial charge in [-0.05, 0) is 59.3 Å². The van der Waals surface area contributed by atoms with E-state index in [9.17, 15) is 9.59 Å². The molecule has 0 spiro atoms. The van der Waals surface area contributed by atoms with E-state index < -0.39 is 0 Å². The maximum Gasteiger partial charge on any atom is 0.240 e. The van der Waals surface area contributed by atoms with Gasteiger partial charge in [-0.25, -0.2) is 5.43 Å². The number of hydrazone groups is 1. The van der Waals surface area contributed by atoms with E-state index in [0.29, 0.717) is 0 Å². The number of aromatic nitrogens is 1. The van der Waals surface area contributed by atoms with Crippen molar-refractivity contribution in [3.05, 3.63) is 63.4 Å². The molecule has 0 saturated heterocycles. The number of hydrogen-bond acceptors (Lipinski definition) is 3. The zero-order chi connectivity index (χ0) is 19.2. The highest BCUT2D eigenvalue weighted by Crippen LogP contribution is 2.18. The fraction of sp³-hybridized carbons (Fsp3) is 0.150. The van der Waals surface area contributed by atoms with Gasteiger partial charge in [-0.15, -0.1) is 0 Å². The van der Waals surface area contributed by atoms with Gasteiger partial charge < -0.3 is 10.3 Å². The first-order valence-electron chi connectivity index (χ1n) is 8.47. The normalized spacial score (nSPS) is 11.0. The summed E-state index contributed by atoms with van der Waals surface area (Å²) in [6.45, 7) is 1.93. The van der Waals surface area contributed by atoms with Crippen molar-refractivity contribution in [2.75, 3.05) is 5.32 Å². The molecule has 0 aliphatic rings. The third kappa shape index (κ3) is 5.16. The molecule has 138 valence electrons. The third-order valence-electron chi connectivity index (χ3n) is 4.06. The zero-order valence-electron chi connectivity index (χ0n) is 14.8. The van der Waals surface area contributed by atoms with Gasteiger partial charge in [-0.2, -0.15) is 5.10 Å². The molecule has 2 amide bonds. The highest BCUT2D eigenvalue weighted by atomic mass is 127. The highest BCUT2D eigenvalue weighted by molar-refractivity contribution is 14.1. The Bertz CT molecular complexity index is 1010. The number of aryl methyl sites for hydroxylation is 1. The number of amides is 2. The molecule has 6 nitrogen and oxygen atoms in total. The second-order valence-corrected chi connectivity index (χ2v) is 7.34. The number of aromatic amines is 1. The Morgan fingerprint density at radius 3 is 2.74 bits per heavy atom. The van der Waals surface area contributed by atoms with E-state index in [4.69, 9.17) is 0 Å². The van der Waals surface area contributed by atoms with E-state index in [0.717, 1.165) is 31.3 Å². The SMILES string of the molecule is Cc1cc(I)ccc1NC(=O)CCC(=O)N/N=C/c1c[nH]c2ccccc12. The predicted molar refractivity (Wildman–Crippen MR) is 116 cm³/mol. The van der Waals surface area contributed by atoms with Crippen LogP contribution in [-0.4, -0.2) is 23.0 Å². The van der Waals surface area contributed by atoms with Crippen LogP contribution in [0.3, 0.4) is 0 Å². The van der Waals surface area contributed by atoms with Crippen molar-refractivity contribution in [2.24, 2.45) is 5.10 Å². The number of nitrogens with zero attached hydrogens (tertiary/aromatic N) is 1. The molecule has 2 aromatic carbocycles. The lowest BCUT2D eigenvalue weighted by Crippen LogP contribution is -2.20. The maximum atomic E-state index is 12.0. The van der Waals surface area contributed by atoms with Gasteiger partial charge in [-0.3, -0.25) is 9.59 Å². The molecule has 3 N–H and O–H groups in total. The Morgan fingerprint density at radius 1 is 1.15 bits per heavy atom. The van der Waals surface area contributed by atoms with Crippen LogP contribution in [0.15, 0.2) is 53.8 Å².